The number of hydrogen-bond donors (Lipinski definition) is 7. The van der Waals surface area contributed by atoms with Crippen LogP contribution in [0.2, 0.25) is 0 Å². The van der Waals surface area contributed by atoms with Crippen molar-refractivity contribution in [2.75, 3.05) is 19.8 Å². The largest absolute Gasteiger partial charge is 0.396 e. The fourth-order valence-corrected chi connectivity index (χ4v) is 1.87. The number of rotatable bonds is 5. The van der Waals surface area contributed by atoms with Crippen molar-refractivity contribution >= 4 is 0 Å². The second-order valence-electron chi connectivity index (χ2n) is 4.21. The number of hydrogen-bond acceptors (Lipinski definition) is 8. The molecule has 1 aliphatic rings. The summed E-state index contributed by atoms with van der Waals surface area (Å²) < 4.78 is 5.08. The quantitative estimate of drug-likeness (QED) is 0.266. The maximum Gasteiger partial charge on any atom is 0.137 e. The Morgan fingerprint density at radius 2 is 1.61 bits per heavy atom. The first-order chi connectivity index (χ1) is 8.47. The highest BCUT2D eigenvalue weighted by Crippen LogP contribution is 2.33. The molecule has 0 aromatic carbocycles. The van der Waals surface area contributed by atoms with Crippen molar-refractivity contribution in [2.24, 2.45) is 5.92 Å². The van der Waals surface area contributed by atoms with Gasteiger partial charge in [0.2, 0.25) is 0 Å². The van der Waals surface area contributed by atoms with E-state index >= 15 is 0 Å². The van der Waals surface area contributed by atoms with Crippen molar-refractivity contribution in [2.45, 2.75) is 30.5 Å². The van der Waals surface area contributed by atoms with Gasteiger partial charge in [0.05, 0.1) is 25.9 Å². The lowest BCUT2D eigenvalue weighted by Crippen LogP contribution is -2.58. The van der Waals surface area contributed by atoms with E-state index < -0.39 is 56.3 Å². The molecule has 0 amide bonds. The standard InChI is InChI=1S/C10H19O8/c11-1-4(5(14)2-12)10-9(17)8(16)7(15)6(3-13)18-10/h4-9,11-17H,1-3H2/t4?,5?,6-,7-,8+,9-/m1/s1. The molecule has 1 fully saturated rings. The third kappa shape index (κ3) is 2.98. The lowest BCUT2D eigenvalue weighted by molar-refractivity contribution is -0.208. The Morgan fingerprint density at radius 3 is 2.06 bits per heavy atom. The van der Waals surface area contributed by atoms with Crippen molar-refractivity contribution in [3.05, 3.63) is 6.10 Å². The van der Waals surface area contributed by atoms with Crippen LogP contribution in [0.1, 0.15) is 0 Å². The van der Waals surface area contributed by atoms with Crippen molar-refractivity contribution < 1.29 is 40.5 Å². The molecule has 0 saturated carbocycles. The van der Waals surface area contributed by atoms with Crippen LogP contribution in [0.4, 0.5) is 0 Å². The van der Waals surface area contributed by atoms with E-state index in [1.54, 1.807) is 0 Å². The van der Waals surface area contributed by atoms with Crippen LogP contribution in [0, 0.1) is 12.0 Å². The Bertz CT molecular complexity index is 248. The highest BCUT2D eigenvalue weighted by molar-refractivity contribution is 5.07. The van der Waals surface area contributed by atoms with Crippen molar-refractivity contribution in [3.63, 3.8) is 0 Å². The highest BCUT2D eigenvalue weighted by atomic mass is 16.5. The Balaban J connectivity index is 2.85. The van der Waals surface area contributed by atoms with Crippen molar-refractivity contribution in [3.8, 4) is 0 Å². The maximum atomic E-state index is 9.71. The second kappa shape index (κ2) is 6.73. The summed E-state index contributed by atoms with van der Waals surface area (Å²) in [5, 5.41) is 65.2. The van der Waals surface area contributed by atoms with Gasteiger partial charge in [-0.25, -0.2) is 0 Å². The van der Waals surface area contributed by atoms with Gasteiger partial charge in [0.1, 0.15) is 30.5 Å². The summed E-state index contributed by atoms with van der Waals surface area (Å²) >= 11 is 0. The molecule has 1 radical (unpaired) electrons. The fraction of sp³-hybridized carbons (Fsp3) is 0.900. The molecule has 0 spiro atoms. The summed E-state index contributed by atoms with van der Waals surface area (Å²) in [5.74, 6) is -1.12. The van der Waals surface area contributed by atoms with Gasteiger partial charge < -0.3 is 40.5 Å². The molecule has 0 aliphatic carbocycles. The van der Waals surface area contributed by atoms with Gasteiger partial charge in [0.15, 0.2) is 0 Å². The summed E-state index contributed by atoms with van der Waals surface area (Å²) in [7, 11) is 0. The molecule has 8 heteroatoms. The zero-order valence-corrected chi connectivity index (χ0v) is 9.62. The molecule has 1 heterocycles. The van der Waals surface area contributed by atoms with E-state index in [-0.39, 0.29) is 6.10 Å². The maximum absolute atomic E-state index is 9.71. The van der Waals surface area contributed by atoms with E-state index in [9.17, 15) is 20.4 Å². The average molecular weight is 267 g/mol. The number of aliphatic hydroxyl groups excluding tert-OH is 7. The van der Waals surface area contributed by atoms with Crippen LogP contribution in [-0.4, -0.2) is 86.1 Å². The molecule has 18 heavy (non-hydrogen) atoms. The number of aliphatic hydroxyl groups is 7. The second-order valence-corrected chi connectivity index (χ2v) is 4.21. The molecule has 8 nitrogen and oxygen atoms in total. The molecule has 0 bridgehead atoms. The Labute approximate surface area is 104 Å². The first-order valence-electron chi connectivity index (χ1n) is 5.56. The minimum atomic E-state index is -1.62. The lowest BCUT2D eigenvalue weighted by atomic mass is 9.85. The van der Waals surface area contributed by atoms with Gasteiger partial charge in [-0.2, -0.15) is 0 Å². The first kappa shape index (κ1) is 15.7. The van der Waals surface area contributed by atoms with Gasteiger partial charge in [-0.3, -0.25) is 0 Å². The van der Waals surface area contributed by atoms with Crippen LogP contribution in [0.15, 0.2) is 0 Å². The Kier molecular flexibility index (Phi) is 5.89. The predicted octanol–water partition coefficient (Wildman–Crippen LogP) is -4.05. The Morgan fingerprint density at radius 1 is 1.00 bits per heavy atom. The van der Waals surface area contributed by atoms with Gasteiger partial charge in [-0.15, -0.1) is 0 Å². The fourth-order valence-electron chi connectivity index (χ4n) is 1.87. The molecule has 1 rings (SSSR count). The summed E-state index contributed by atoms with van der Waals surface area (Å²) in [4.78, 5) is 0. The third-order valence-electron chi connectivity index (χ3n) is 3.03. The van der Waals surface area contributed by atoms with Gasteiger partial charge in [-0.1, -0.05) is 0 Å². The van der Waals surface area contributed by atoms with Crippen LogP contribution in [-0.2, 0) is 4.74 Å². The normalized spacial score (nSPS) is 37.5. The molecule has 7 N–H and O–H groups in total. The zero-order valence-electron chi connectivity index (χ0n) is 9.62. The van der Waals surface area contributed by atoms with Crippen LogP contribution in [0.25, 0.3) is 0 Å². The van der Waals surface area contributed by atoms with Crippen LogP contribution in [0.3, 0.4) is 0 Å². The summed E-state index contributed by atoms with van der Waals surface area (Å²) in [6.07, 6.45) is -7.54. The number of ether oxygens (including phenoxy) is 1. The van der Waals surface area contributed by atoms with Crippen LogP contribution >= 0.6 is 0 Å². The van der Waals surface area contributed by atoms with Crippen LogP contribution in [0.5, 0.6) is 0 Å². The summed E-state index contributed by atoms with van der Waals surface area (Å²) in [6, 6.07) is 0. The monoisotopic (exact) mass is 267 g/mol. The minimum Gasteiger partial charge on any atom is -0.396 e. The minimum absolute atomic E-state index is 0.268. The SMILES string of the molecule is OCC(O)C(CO)[C]1O[C@H](CO)[C@@H](O)[C@H](O)[C@H]1O. The van der Waals surface area contributed by atoms with E-state index in [2.05, 4.69) is 0 Å². The molecule has 6 atom stereocenters. The molecular weight excluding hydrogens is 248 g/mol. The summed E-state index contributed by atoms with van der Waals surface area (Å²) in [6.45, 7) is -1.91. The van der Waals surface area contributed by atoms with Gasteiger partial charge in [0.25, 0.3) is 0 Å². The van der Waals surface area contributed by atoms with Crippen molar-refractivity contribution in [1.82, 2.24) is 0 Å². The molecule has 1 aliphatic heterocycles. The summed E-state index contributed by atoms with van der Waals surface area (Å²) in [5.41, 5.74) is 0. The van der Waals surface area contributed by atoms with E-state index in [1.807, 2.05) is 0 Å². The van der Waals surface area contributed by atoms with E-state index in [0.717, 1.165) is 0 Å². The smallest absolute Gasteiger partial charge is 0.137 e. The molecule has 1 saturated heterocycles. The van der Waals surface area contributed by atoms with E-state index in [1.165, 1.54) is 0 Å². The van der Waals surface area contributed by atoms with Gasteiger partial charge in [0, 0.05) is 5.92 Å². The zero-order chi connectivity index (χ0) is 13.9. The predicted molar refractivity (Wildman–Crippen MR) is 56.9 cm³/mol. The van der Waals surface area contributed by atoms with E-state index in [4.69, 9.17) is 20.1 Å². The van der Waals surface area contributed by atoms with Crippen molar-refractivity contribution in [1.29, 1.82) is 0 Å². The molecule has 2 unspecified atom stereocenters. The average Bonchev–Trinajstić information content (AvgIpc) is 2.39. The lowest BCUT2D eigenvalue weighted by Gasteiger charge is -2.42. The van der Waals surface area contributed by atoms with Gasteiger partial charge >= 0.3 is 0 Å². The Hall–Kier alpha value is -0.320. The molecular formula is C10H19O8. The first-order valence-corrected chi connectivity index (χ1v) is 5.56. The van der Waals surface area contributed by atoms with Gasteiger partial charge in [-0.05, 0) is 0 Å². The molecule has 0 aromatic rings. The third-order valence-corrected chi connectivity index (χ3v) is 3.03. The molecule has 107 valence electrons. The highest BCUT2D eigenvalue weighted by Gasteiger charge is 2.48. The molecule has 0 aromatic heterocycles. The topological polar surface area (TPSA) is 151 Å². The van der Waals surface area contributed by atoms with E-state index in [0.29, 0.717) is 0 Å². The van der Waals surface area contributed by atoms with Crippen LogP contribution < -0.4 is 0 Å².